The van der Waals surface area contributed by atoms with Crippen molar-refractivity contribution in [3.63, 3.8) is 0 Å². The quantitative estimate of drug-likeness (QED) is 0.266. The summed E-state index contributed by atoms with van der Waals surface area (Å²) >= 11 is 0. The maximum atomic E-state index is 16.0. The maximum absolute atomic E-state index is 16.0. The SMILES string of the molecule is COC(=O)C[C@@]1(C)CCc2ccc(OCc3cc(F)c(-c4cc(OC)ccc4F)c([C@H]4CCCC4(C)C)c3)cc21. The Labute approximate surface area is 235 Å². The summed E-state index contributed by atoms with van der Waals surface area (Å²) in [5.74, 6) is 0.0616. The van der Waals surface area contributed by atoms with Crippen molar-refractivity contribution in [2.45, 2.75) is 77.2 Å². The van der Waals surface area contributed by atoms with Gasteiger partial charge in [0, 0.05) is 16.5 Å². The molecule has 0 radical (unpaired) electrons. The van der Waals surface area contributed by atoms with Crippen LogP contribution in [-0.2, 0) is 28.0 Å². The minimum atomic E-state index is -0.478. The molecular weight excluding hydrogens is 510 g/mol. The first-order valence-electron chi connectivity index (χ1n) is 14.0. The smallest absolute Gasteiger partial charge is 0.306 e. The van der Waals surface area contributed by atoms with Crippen molar-refractivity contribution in [1.82, 2.24) is 0 Å². The Kier molecular flexibility index (Phi) is 7.64. The van der Waals surface area contributed by atoms with E-state index < -0.39 is 11.6 Å². The summed E-state index contributed by atoms with van der Waals surface area (Å²) in [7, 11) is 2.93. The van der Waals surface area contributed by atoms with Crippen LogP contribution in [0.1, 0.15) is 81.0 Å². The molecule has 212 valence electrons. The van der Waals surface area contributed by atoms with E-state index in [1.807, 2.05) is 18.2 Å². The predicted octanol–water partition coefficient (Wildman–Crippen LogP) is 8.28. The van der Waals surface area contributed by atoms with E-state index in [9.17, 15) is 4.79 Å². The zero-order chi connectivity index (χ0) is 28.7. The van der Waals surface area contributed by atoms with E-state index in [0.717, 1.165) is 43.2 Å². The molecule has 2 aliphatic rings. The highest BCUT2D eigenvalue weighted by atomic mass is 19.1. The molecule has 0 saturated heterocycles. The van der Waals surface area contributed by atoms with E-state index in [0.29, 0.717) is 29.0 Å². The molecular formula is C34H38F2O4. The van der Waals surface area contributed by atoms with Crippen molar-refractivity contribution in [2.24, 2.45) is 5.41 Å². The van der Waals surface area contributed by atoms with Gasteiger partial charge in [0.1, 0.15) is 29.7 Å². The molecule has 0 unspecified atom stereocenters. The predicted molar refractivity (Wildman–Crippen MR) is 152 cm³/mol. The van der Waals surface area contributed by atoms with Gasteiger partial charge < -0.3 is 14.2 Å². The van der Waals surface area contributed by atoms with E-state index in [1.165, 1.54) is 31.9 Å². The fraction of sp³-hybridized carbons (Fsp3) is 0.441. The third-order valence-corrected chi connectivity index (χ3v) is 9.10. The van der Waals surface area contributed by atoms with Crippen LogP contribution in [-0.4, -0.2) is 20.2 Å². The van der Waals surface area contributed by atoms with E-state index in [2.05, 4.69) is 26.8 Å². The van der Waals surface area contributed by atoms with Gasteiger partial charge in [-0.15, -0.1) is 0 Å². The Morgan fingerprint density at radius 3 is 2.42 bits per heavy atom. The van der Waals surface area contributed by atoms with Gasteiger partial charge in [0.05, 0.1) is 20.6 Å². The number of fused-ring (bicyclic) bond motifs is 1. The molecule has 0 aromatic heterocycles. The minimum absolute atomic E-state index is 0.0416. The second kappa shape index (κ2) is 10.9. The second-order valence-corrected chi connectivity index (χ2v) is 12.2. The Hall–Kier alpha value is -3.41. The molecule has 5 rings (SSSR count). The third kappa shape index (κ3) is 5.33. The van der Waals surface area contributed by atoms with Crippen molar-refractivity contribution in [3.8, 4) is 22.6 Å². The molecule has 3 aromatic rings. The number of aryl methyl sites for hydroxylation is 1. The zero-order valence-corrected chi connectivity index (χ0v) is 24.0. The number of benzene rings is 3. The molecule has 1 saturated carbocycles. The molecule has 0 heterocycles. The molecule has 0 aliphatic heterocycles. The summed E-state index contributed by atoms with van der Waals surface area (Å²) in [4.78, 5) is 12.1. The summed E-state index contributed by atoms with van der Waals surface area (Å²) in [5.41, 5.74) is 3.98. The van der Waals surface area contributed by atoms with Crippen LogP contribution in [0.4, 0.5) is 8.78 Å². The molecule has 0 amide bonds. The minimum Gasteiger partial charge on any atom is -0.497 e. The largest absolute Gasteiger partial charge is 0.497 e. The Bertz CT molecular complexity index is 1430. The van der Waals surface area contributed by atoms with Gasteiger partial charge in [0.2, 0.25) is 0 Å². The number of hydrogen-bond acceptors (Lipinski definition) is 4. The molecule has 2 aliphatic carbocycles. The van der Waals surface area contributed by atoms with Crippen LogP contribution in [0.15, 0.2) is 48.5 Å². The van der Waals surface area contributed by atoms with Crippen LogP contribution < -0.4 is 9.47 Å². The molecule has 6 heteroatoms. The van der Waals surface area contributed by atoms with Crippen molar-refractivity contribution in [3.05, 3.63) is 82.4 Å². The number of esters is 1. The first-order chi connectivity index (χ1) is 19.0. The molecule has 1 fully saturated rings. The molecule has 0 spiro atoms. The van der Waals surface area contributed by atoms with E-state index in [1.54, 1.807) is 12.1 Å². The standard InChI is InChI=1S/C34H38F2O4/c1-33(2)13-6-7-27(33)25-15-21(16-30(36)32(25)26-17-23(38-4)10-11-29(26)35)20-40-24-9-8-22-12-14-34(3,28(22)18-24)19-31(37)39-5/h8-11,15-18,27H,6-7,12-14,19-20H2,1-5H3/t27-,34-/m1/s1. The lowest BCUT2D eigenvalue weighted by Gasteiger charge is -2.30. The average Bonchev–Trinajstić information content (AvgIpc) is 3.45. The van der Waals surface area contributed by atoms with Gasteiger partial charge in [-0.05, 0) is 95.7 Å². The molecule has 3 aromatic carbocycles. The first-order valence-corrected chi connectivity index (χ1v) is 14.0. The van der Waals surface area contributed by atoms with Crippen LogP contribution in [0.25, 0.3) is 11.1 Å². The van der Waals surface area contributed by atoms with Crippen LogP contribution in [0.3, 0.4) is 0 Å². The van der Waals surface area contributed by atoms with Gasteiger partial charge >= 0.3 is 5.97 Å². The van der Waals surface area contributed by atoms with Gasteiger partial charge in [-0.1, -0.05) is 39.3 Å². The van der Waals surface area contributed by atoms with Gasteiger partial charge in [0.25, 0.3) is 0 Å². The summed E-state index contributed by atoms with van der Waals surface area (Å²) < 4.78 is 47.5. The van der Waals surface area contributed by atoms with Crippen molar-refractivity contribution in [1.29, 1.82) is 0 Å². The fourth-order valence-electron chi connectivity index (χ4n) is 6.77. The molecule has 2 atom stereocenters. The second-order valence-electron chi connectivity index (χ2n) is 12.2. The average molecular weight is 549 g/mol. The van der Waals surface area contributed by atoms with Crippen molar-refractivity contribution in [2.75, 3.05) is 14.2 Å². The van der Waals surface area contributed by atoms with Crippen LogP contribution >= 0.6 is 0 Å². The molecule has 0 bridgehead atoms. The summed E-state index contributed by atoms with van der Waals surface area (Å²) in [6, 6.07) is 13.9. The molecule has 4 nitrogen and oxygen atoms in total. The molecule has 40 heavy (non-hydrogen) atoms. The lowest BCUT2D eigenvalue weighted by Crippen LogP contribution is -2.23. The number of hydrogen-bond donors (Lipinski definition) is 0. The number of rotatable bonds is 8. The normalized spacial score (nSPS) is 21.2. The van der Waals surface area contributed by atoms with E-state index in [-0.39, 0.29) is 34.9 Å². The van der Waals surface area contributed by atoms with Crippen LogP contribution in [0.2, 0.25) is 0 Å². The van der Waals surface area contributed by atoms with Gasteiger partial charge in [-0.25, -0.2) is 8.78 Å². The monoisotopic (exact) mass is 548 g/mol. The number of ether oxygens (including phenoxy) is 3. The number of methoxy groups -OCH3 is 2. The highest BCUT2D eigenvalue weighted by Crippen LogP contribution is 2.52. The summed E-state index contributed by atoms with van der Waals surface area (Å²) in [5, 5.41) is 0. The van der Waals surface area contributed by atoms with Crippen molar-refractivity contribution < 1.29 is 27.8 Å². The highest BCUT2D eigenvalue weighted by Gasteiger charge is 2.39. The summed E-state index contributed by atoms with van der Waals surface area (Å²) in [6.45, 7) is 6.66. The lowest BCUT2D eigenvalue weighted by atomic mass is 9.75. The first kappa shape index (κ1) is 28.1. The van der Waals surface area contributed by atoms with E-state index in [4.69, 9.17) is 14.2 Å². The maximum Gasteiger partial charge on any atom is 0.306 e. The Morgan fingerprint density at radius 2 is 1.73 bits per heavy atom. The number of carbonyl (C=O) groups is 1. The number of carbonyl (C=O) groups excluding carboxylic acids is 1. The Morgan fingerprint density at radius 1 is 0.950 bits per heavy atom. The Balaban J connectivity index is 1.48. The van der Waals surface area contributed by atoms with E-state index >= 15 is 8.78 Å². The van der Waals surface area contributed by atoms with Crippen LogP contribution in [0.5, 0.6) is 11.5 Å². The topological polar surface area (TPSA) is 44.8 Å². The van der Waals surface area contributed by atoms with Gasteiger partial charge in [0.15, 0.2) is 0 Å². The summed E-state index contributed by atoms with van der Waals surface area (Å²) in [6.07, 6.45) is 5.07. The third-order valence-electron chi connectivity index (χ3n) is 9.10. The lowest BCUT2D eigenvalue weighted by molar-refractivity contribution is -0.142. The number of halogens is 2. The van der Waals surface area contributed by atoms with Crippen molar-refractivity contribution >= 4 is 5.97 Å². The van der Waals surface area contributed by atoms with Gasteiger partial charge in [-0.3, -0.25) is 4.79 Å². The zero-order valence-electron chi connectivity index (χ0n) is 24.0. The van der Waals surface area contributed by atoms with Crippen LogP contribution in [0, 0.1) is 17.0 Å². The van der Waals surface area contributed by atoms with Gasteiger partial charge in [-0.2, -0.15) is 0 Å². The molecule has 0 N–H and O–H groups in total. The highest BCUT2D eigenvalue weighted by molar-refractivity contribution is 5.72. The fourth-order valence-corrected chi connectivity index (χ4v) is 6.77.